The van der Waals surface area contributed by atoms with Gasteiger partial charge in [-0.2, -0.15) is 13.2 Å². The van der Waals surface area contributed by atoms with Crippen molar-refractivity contribution in [2.24, 2.45) is 5.92 Å². The van der Waals surface area contributed by atoms with Crippen molar-refractivity contribution in [1.29, 1.82) is 0 Å². The second-order valence-corrected chi connectivity index (χ2v) is 5.01. The van der Waals surface area contributed by atoms with Crippen molar-refractivity contribution < 1.29 is 13.2 Å². The van der Waals surface area contributed by atoms with Crippen LogP contribution in [0.2, 0.25) is 0 Å². The molecule has 0 radical (unpaired) electrons. The summed E-state index contributed by atoms with van der Waals surface area (Å²) in [5.74, 6) is 0.689. The van der Waals surface area contributed by atoms with Crippen LogP contribution in [0.15, 0.2) is 18.2 Å². The Morgan fingerprint density at radius 2 is 2.06 bits per heavy atom. The molecular formula is C13H16F3N. The van der Waals surface area contributed by atoms with E-state index in [1.165, 1.54) is 6.07 Å². The molecule has 1 aromatic rings. The van der Waals surface area contributed by atoms with Gasteiger partial charge in [-0.05, 0) is 36.1 Å². The van der Waals surface area contributed by atoms with Gasteiger partial charge in [-0.25, -0.2) is 0 Å². The second-order valence-electron chi connectivity index (χ2n) is 5.01. The lowest BCUT2D eigenvalue weighted by Crippen LogP contribution is -2.07. The highest BCUT2D eigenvalue weighted by Crippen LogP contribution is 2.39. The van der Waals surface area contributed by atoms with Crippen molar-refractivity contribution >= 4 is 5.69 Å². The summed E-state index contributed by atoms with van der Waals surface area (Å²) in [5, 5.41) is 3.17. The second kappa shape index (κ2) is 4.24. The summed E-state index contributed by atoms with van der Waals surface area (Å²) in [4.78, 5) is 0. The number of halogens is 3. The van der Waals surface area contributed by atoms with Crippen molar-refractivity contribution in [1.82, 2.24) is 0 Å². The average molecular weight is 243 g/mol. The van der Waals surface area contributed by atoms with Gasteiger partial charge in [0.1, 0.15) is 0 Å². The topological polar surface area (TPSA) is 12.0 Å². The van der Waals surface area contributed by atoms with E-state index in [-0.39, 0.29) is 5.92 Å². The van der Waals surface area contributed by atoms with Crippen LogP contribution >= 0.6 is 0 Å². The number of anilines is 1. The maximum Gasteiger partial charge on any atom is 0.416 e. The minimum absolute atomic E-state index is 0.201. The minimum atomic E-state index is -4.25. The zero-order chi connectivity index (χ0) is 12.6. The third-order valence-corrected chi connectivity index (χ3v) is 3.11. The first-order valence-electron chi connectivity index (χ1n) is 5.83. The molecule has 0 bridgehead atoms. The number of hydrogen-bond donors (Lipinski definition) is 1. The number of benzene rings is 1. The molecule has 0 saturated carbocycles. The molecule has 17 heavy (non-hydrogen) atoms. The Hall–Kier alpha value is -1.19. The summed E-state index contributed by atoms with van der Waals surface area (Å²) >= 11 is 0. The molecule has 4 heteroatoms. The van der Waals surface area contributed by atoms with E-state index >= 15 is 0 Å². The number of fused-ring (bicyclic) bond motifs is 1. The van der Waals surface area contributed by atoms with Crippen LogP contribution < -0.4 is 5.32 Å². The third kappa shape index (κ3) is 2.56. The summed E-state index contributed by atoms with van der Waals surface area (Å²) in [6.45, 7) is 4.92. The van der Waals surface area contributed by atoms with Gasteiger partial charge in [0.15, 0.2) is 0 Å². The molecular weight excluding hydrogens is 227 g/mol. The Balaban J connectivity index is 2.31. The molecule has 0 spiro atoms. The lowest BCUT2D eigenvalue weighted by molar-refractivity contribution is -0.137. The van der Waals surface area contributed by atoms with Crippen LogP contribution in [0.1, 0.15) is 37.3 Å². The normalized spacial score (nSPS) is 19.3. The van der Waals surface area contributed by atoms with Gasteiger partial charge in [0.05, 0.1) is 5.56 Å². The van der Waals surface area contributed by atoms with Gasteiger partial charge < -0.3 is 5.32 Å². The smallest absolute Gasteiger partial charge is 0.384 e. The van der Waals surface area contributed by atoms with Gasteiger partial charge in [0, 0.05) is 18.2 Å². The zero-order valence-electron chi connectivity index (χ0n) is 9.93. The first-order valence-corrected chi connectivity index (χ1v) is 5.83. The highest BCUT2D eigenvalue weighted by atomic mass is 19.4. The number of alkyl halides is 3. The third-order valence-electron chi connectivity index (χ3n) is 3.11. The van der Waals surface area contributed by atoms with Crippen LogP contribution in [0.25, 0.3) is 0 Å². The van der Waals surface area contributed by atoms with E-state index in [1.807, 2.05) is 0 Å². The van der Waals surface area contributed by atoms with Crippen LogP contribution in [0.5, 0.6) is 0 Å². The SMILES string of the molecule is CC(C)CC1CNc2ccc(C(F)(F)F)cc21. The quantitative estimate of drug-likeness (QED) is 0.818. The lowest BCUT2D eigenvalue weighted by Gasteiger charge is -2.14. The van der Waals surface area contributed by atoms with E-state index in [4.69, 9.17) is 0 Å². The number of rotatable bonds is 2. The van der Waals surface area contributed by atoms with Crippen LogP contribution in [-0.4, -0.2) is 6.54 Å². The average Bonchev–Trinajstić information content (AvgIpc) is 2.59. The van der Waals surface area contributed by atoms with E-state index in [0.717, 1.165) is 30.3 Å². The fourth-order valence-electron chi connectivity index (χ4n) is 2.36. The van der Waals surface area contributed by atoms with Crippen molar-refractivity contribution in [3.05, 3.63) is 29.3 Å². The van der Waals surface area contributed by atoms with Gasteiger partial charge in [0.25, 0.3) is 0 Å². The van der Waals surface area contributed by atoms with E-state index in [1.54, 1.807) is 6.07 Å². The summed E-state index contributed by atoms with van der Waals surface area (Å²) in [6.07, 6.45) is -3.33. The van der Waals surface area contributed by atoms with Crippen LogP contribution in [0.3, 0.4) is 0 Å². The van der Waals surface area contributed by atoms with E-state index in [2.05, 4.69) is 19.2 Å². The number of hydrogen-bond acceptors (Lipinski definition) is 1. The Bertz CT molecular complexity index is 410. The first-order chi connectivity index (χ1) is 7.88. The van der Waals surface area contributed by atoms with Crippen LogP contribution in [0, 0.1) is 5.92 Å². The molecule has 1 atom stereocenters. The molecule has 1 unspecified atom stereocenters. The van der Waals surface area contributed by atoms with Gasteiger partial charge in [-0.3, -0.25) is 0 Å². The standard InChI is InChI=1S/C13H16F3N/c1-8(2)5-9-7-17-12-4-3-10(6-11(9)12)13(14,15)16/h3-4,6,8-9,17H,5,7H2,1-2H3. The highest BCUT2D eigenvalue weighted by molar-refractivity contribution is 5.59. The van der Waals surface area contributed by atoms with Crippen molar-refractivity contribution in [3.8, 4) is 0 Å². The molecule has 0 aromatic heterocycles. The summed E-state index contributed by atoms with van der Waals surface area (Å²) < 4.78 is 37.9. The van der Waals surface area contributed by atoms with E-state index in [9.17, 15) is 13.2 Å². The van der Waals surface area contributed by atoms with Gasteiger partial charge in [-0.15, -0.1) is 0 Å². The largest absolute Gasteiger partial charge is 0.416 e. The lowest BCUT2D eigenvalue weighted by atomic mass is 9.91. The molecule has 0 aliphatic carbocycles. The Morgan fingerprint density at radius 3 is 2.65 bits per heavy atom. The number of nitrogens with one attached hydrogen (secondary N) is 1. The van der Waals surface area contributed by atoms with E-state index < -0.39 is 11.7 Å². The van der Waals surface area contributed by atoms with Crippen molar-refractivity contribution in [3.63, 3.8) is 0 Å². The van der Waals surface area contributed by atoms with Crippen molar-refractivity contribution in [2.45, 2.75) is 32.4 Å². The monoisotopic (exact) mass is 243 g/mol. The molecule has 1 aliphatic rings. The Kier molecular flexibility index (Phi) is 3.06. The molecule has 1 N–H and O–H groups in total. The first kappa shape index (κ1) is 12.3. The molecule has 0 saturated heterocycles. The zero-order valence-corrected chi connectivity index (χ0v) is 9.93. The van der Waals surface area contributed by atoms with Gasteiger partial charge in [0.2, 0.25) is 0 Å². The molecule has 1 aromatic carbocycles. The predicted octanol–water partition coefficient (Wildman–Crippen LogP) is 4.26. The fourth-order valence-corrected chi connectivity index (χ4v) is 2.36. The Labute approximate surface area is 99.0 Å². The molecule has 1 nitrogen and oxygen atoms in total. The van der Waals surface area contributed by atoms with Crippen LogP contribution in [0.4, 0.5) is 18.9 Å². The minimum Gasteiger partial charge on any atom is -0.384 e. The fraction of sp³-hybridized carbons (Fsp3) is 0.538. The van der Waals surface area contributed by atoms with Gasteiger partial charge >= 0.3 is 6.18 Å². The predicted molar refractivity (Wildman–Crippen MR) is 62.1 cm³/mol. The highest BCUT2D eigenvalue weighted by Gasteiger charge is 2.33. The maximum atomic E-state index is 12.6. The molecule has 94 valence electrons. The Morgan fingerprint density at radius 1 is 1.35 bits per heavy atom. The summed E-state index contributed by atoms with van der Waals surface area (Å²) in [7, 11) is 0. The summed E-state index contributed by atoms with van der Waals surface area (Å²) in [5.41, 5.74) is 1.12. The molecule has 2 rings (SSSR count). The van der Waals surface area contributed by atoms with Crippen molar-refractivity contribution in [2.75, 3.05) is 11.9 Å². The molecule has 1 aliphatic heterocycles. The molecule has 1 heterocycles. The van der Waals surface area contributed by atoms with Gasteiger partial charge in [-0.1, -0.05) is 13.8 Å². The van der Waals surface area contributed by atoms with Crippen LogP contribution in [-0.2, 0) is 6.18 Å². The molecule has 0 amide bonds. The molecule has 0 fully saturated rings. The summed E-state index contributed by atoms with van der Waals surface area (Å²) in [6, 6.07) is 3.98. The van der Waals surface area contributed by atoms with E-state index in [0.29, 0.717) is 5.92 Å². The maximum absolute atomic E-state index is 12.6.